The average molecular weight is 402 g/mol. The van der Waals surface area contributed by atoms with Gasteiger partial charge in [-0.15, -0.1) is 0 Å². The van der Waals surface area contributed by atoms with Crippen LogP contribution in [0.2, 0.25) is 0 Å². The van der Waals surface area contributed by atoms with Crippen LogP contribution in [0.15, 0.2) is 59.5 Å². The van der Waals surface area contributed by atoms with Crippen LogP contribution in [0.3, 0.4) is 0 Å². The van der Waals surface area contributed by atoms with Crippen molar-refractivity contribution in [3.8, 4) is 0 Å². The first-order valence-electron chi connectivity index (χ1n) is 9.59. The number of amides is 1. The zero-order chi connectivity index (χ0) is 20.1. The molecule has 1 amide bonds. The van der Waals surface area contributed by atoms with Crippen LogP contribution in [0.4, 0.5) is 5.69 Å². The van der Waals surface area contributed by atoms with Gasteiger partial charge in [0.15, 0.2) is 0 Å². The molecule has 2 aromatic carbocycles. The Labute approximate surface area is 167 Å². The Kier molecular flexibility index (Phi) is 6.36. The zero-order valence-electron chi connectivity index (χ0n) is 16.3. The van der Waals surface area contributed by atoms with Crippen molar-refractivity contribution < 1.29 is 13.2 Å². The van der Waals surface area contributed by atoms with Crippen LogP contribution in [-0.4, -0.2) is 51.9 Å². The normalized spacial score (nSPS) is 15.9. The van der Waals surface area contributed by atoms with Crippen molar-refractivity contribution in [3.05, 3.63) is 60.2 Å². The molecule has 2 aromatic rings. The maximum Gasteiger partial charge on any atom is 0.264 e. The van der Waals surface area contributed by atoms with Crippen molar-refractivity contribution in [1.82, 2.24) is 10.2 Å². The van der Waals surface area contributed by atoms with Gasteiger partial charge in [-0.2, -0.15) is 0 Å². The van der Waals surface area contributed by atoms with E-state index in [1.165, 1.54) is 17.4 Å². The van der Waals surface area contributed by atoms with Gasteiger partial charge in [-0.1, -0.05) is 37.3 Å². The number of carbonyl (C=O) groups is 1. The molecular formula is C21H27N3O3S. The van der Waals surface area contributed by atoms with Crippen LogP contribution in [0.1, 0.15) is 30.1 Å². The van der Waals surface area contributed by atoms with Crippen molar-refractivity contribution in [2.45, 2.75) is 30.7 Å². The molecule has 0 aliphatic carbocycles. The van der Waals surface area contributed by atoms with E-state index in [1.807, 2.05) is 6.07 Å². The number of sulfonamides is 1. The third-order valence-electron chi connectivity index (χ3n) is 5.26. The quantitative estimate of drug-likeness (QED) is 0.808. The molecule has 1 fully saturated rings. The second-order valence-electron chi connectivity index (χ2n) is 6.99. The number of para-hydroxylation sites is 1. The fourth-order valence-electron chi connectivity index (χ4n) is 3.46. The predicted molar refractivity (Wildman–Crippen MR) is 111 cm³/mol. The lowest BCUT2D eigenvalue weighted by Gasteiger charge is -2.31. The molecule has 6 nitrogen and oxygen atoms in total. The summed E-state index contributed by atoms with van der Waals surface area (Å²) < 4.78 is 27.5. The highest BCUT2D eigenvalue weighted by atomic mass is 32.2. The fourth-order valence-corrected chi connectivity index (χ4v) is 4.84. The van der Waals surface area contributed by atoms with Crippen molar-refractivity contribution >= 4 is 21.6 Å². The van der Waals surface area contributed by atoms with Crippen LogP contribution in [0, 0.1) is 0 Å². The standard InChI is InChI=1S/C21H27N3O3S/c1-3-24-15-13-17(14-16-24)22-21(25)19-11-7-8-12-20(19)28(26,27)23(2)18-9-5-4-6-10-18/h4-12,17H,3,13-16H2,1-2H3,(H,22,25). The number of rotatable bonds is 6. The first kappa shape index (κ1) is 20.4. The predicted octanol–water partition coefficient (Wildman–Crippen LogP) is 2.73. The highest BCUT2D eigenvalue weighted by Gasteiger charge is 2.28. The molecule has 150 valence electrons. The minimum Gasteiger partial charge on any atom is -0.349 e. The van der Waals surface area contributed by atoms with Gasteiger partial charge >= 0.3 is 0 Å². The Hall–Kier alpha value is -2.38. The number of nitrogens with zero attached hydrogens (tertiary/aromatic N) is 2. The first-order valence-corrected chi connectivity index (χ1v) is 11.0. The summed E-state index contributed by atoms with van der Waals surface area (Å²) in [6.45, 7) is 5.02. The summed E-state index contributed by atoms with van der Waals surface area (Å²) in [7, 11) is -2.36. The smallest absolute Gasteiger partial charge is 0.264 e. The molecule has 0 saturated carbocycles. The van der Waals surface area contributed by atoms with Gasteiger partial charge in [-0.25, -0.2) is 8.42 Å². The molecule has 0 atom stereocenters. The van der Waals surface area contributed by atoms with E-state index in [9.17, 15) is 13.2 Å². The fraction of sp³-hybridized carbons (Fsp3) is 0.381. The Balaban J connectivity index is 1.82. The van der Waals surface area contributed by atoms with Gasteiger partial charge < -0.3 is 10.2 Å². The maximum absolute atomic E-state index is 13.2. The molecule has 3 rings (SSSR count). The average Bonchev–Trinajstić information content (AvgIpc) is 2.74. The summed E-state index contributed by atoms with van der Waals surface area (Å²) in [5.41, 5.74) is 0.729. The van der Waals surface area contributed by atoms with E-state index in [-0.39, 0.29) is 22.4 Å². The van der Waals surface area contributed by atoms with Crippen LogP contribution in [-0.2, 0) is 10.0 Å². The Morgan fingerprint density at radius 1 is 1.07 bits per heavy atom. The van der Waals surface area contributed by atoms with Gasteiger partial charge in [0, 0.05) is 26.2 Å². The molecule has 7 heteroatoms. The summed E-state index contributed by atoms with van der Waals surface area (Å²) in [5, 5.41) is 3.02. The molecule has 1 aliphatic heterocycles. The Morgan fingerprint density at radius 3 is 2.32 bits per heavy atom. The van der Waals surface area contributed by atoms with Crippen molar-refractivity contribution in [3.63, 3.8) is 0 Å². The molecule has 1 N–H and O–H groups in total. The number of carbonyl (C=O) groups excluding carboxylic acids is 1. The monoisotopic (exact) mass is 401 g/mol. The number of piperidine rings is 1. The molecule has 28 heavy (non-hydrogen) atoms. The van der Waals surface area contributed by atoms with Gasteiger partial charge in [0.2, 0.25) is 0 Å². The molecule has 1 heterocycles. The van der Waals surface area contributed by atoms with Gasteiger partial charge in [-0.05, 0) is 43.7 Å². The number of benzene rings is 2. The van der Waals surface area contributed by atoms with E-state index in [0.717, 1.165) is 32.5 Å². The minimum atomic E-state index is -3.86. The molecule has 0 bridgehead atoms. The van der Waals surface area contributed by atoms with Gasteiger partial charge in [0.1, 0.15) is 4.90 Å². The van der Waals surface area contributed by atoms with E-state index < -0.39 is 10.0 Å². The van der Waals surface area contributed by atoms with E-state index in [4.69, 9.17) is 0 Å². The molecule has 1 saturated heterocycles. The van der Waals surface area contributed by atoms with Crippen LogP contribution in [0.5, 0.6) is 0 Å². The molecule has 0 unspecified atom stereocenters. The molecule has 0 spiro atoms. The van der Waals surface area contributed by atoms with Crippen molar-refractivity contribution in [2.75, 3.05) is 31.0 Å². The summed E-state index contributed by atoms with van der Waals surface area (Å²) in [5.74, 6) is -0.337. The van der Waals surface area contributed by atoms with Gasteiger partial charge in [0.05, 0.1) is 11.3 Å². The minimum absolute atomic E-state index is 0.0184. The van der Waals surface area contributed by atoms with Crippen molar-refractivity contribution in [2.24, 2.45) is 0 Å². The van der Waals surface area contributed by atoms with Gasteiger partial charge in [0.25, 0.3) is 15.9 Å². The van der Waals surface area contributed by atoms with E-state index in [1.54, 1.807) is 42.5 Å². The number of anilines is 1. The number of hydrogen-bond donors (Lipinski definition) is 1. The van der Waals surface area contributed by atoms with Crippen LogP contribution >= 0.6 is 0 Å². The third-order valence-corrected chi connectivity index (χ3v) is 7.10. The lowest BCUT2D eigenvalue weighted by molar-refractivity contribution is 0.0909. The number of likely N-dealkylation sites (tertiary alicyclic amines) is 1. The highest BCUT2D eigenvalue weighted by Crippen LogP contribution is 2.24. The second-order valence-corrected chi connectivity index (χ2v) is 8.92. The number of hydrogen-bond acceptors (Lipinski definition) is 4. The maximum atomic E-state index is 13.2. The van der Waals surface area contributed by atoms with Crippen LogP contribution in [0.25, 0.3) is 0 Å². The summed E-state index contributed by atoms with van der Waals surface area (Å²) in [6.07, 6.45) is 1.75. The third kappa shape index (κ3) is 4.36. The van der Waals surface area contributed by atoms with Gasteiger partial charge in [-0.3, -0.25) is 9.10 Å². The number of nitrogens with one attached hydrogen (secondary N) is 1. The highest BCUT2D eigenvalue weighted by molar-refractivity contribution is 7.92. The second kappa shape index (κ2) is 8.75. The van der Waals surface area contributed by atoms with E-state index >= 15 is 0 Å². The molecular weight excluding hydrogens is 374 g/mol. The van der Waals surface area contributed by atoms with Crippen LogP contribution < -0.4 is 9.62 Å². The lowest BCUT2D eigenvalue weighted by atomic mass is 10.0. The summed E-state index contributed by atoms with van der Waals surface area (Å²) in [4.78, 5) is 15.2. The largest absolute Gasteiger partial charge is 0.349 e. The summed E-state index contributed by atoms with van der Waals surface area (Å²) >= 11 is 0. The first-order chi connectivity index (χ1) is 13.4. The zero-order valence-corrected chi connectivity index (χ0v) is 17.2. The molecule has 0 radical (unpaired) electrons. The summed E-state index contributed by atoms with van der Waals surface area (Å²) in [6, 6.07) is 15.3. The Bertz CT molecular complexity index is 908. The Morgan fingerprint density at radius 2 is 1.68 bits per heavy atom. The SMILES string of the molecule is CCN1CCC(NC(=O)c2ccccc2S(=O)(=O)N(C)c2ccccc2)CC1. The van der Waals surface area contributed by atoms with E-state index in [2.05, 4.69) is 17.1 Å². The molecule has 1 aliphatic rings. The molecule has 0 aromatic heterocycles. The van der Waals surface area contributed by atoms with Crippen molar-refractivity contribution in [1.29, 1.82) is 0 Å². The topological polar surface area (TPSA) is 69.7 Å². The van der Waals surface area contributed by atoms with E-state index in [0.29, 0.717) is 5.69 Å². The lowest BCUT2D eigenvalue weighted by Crippen LogP contribution is -2.44.